The molecular formula is C49H32N2. The van der Waals surface area contributed by atoms with Crippen LogP contribution in [0.1, 0.15) is 0 Å². The predicted octanol–water partition coefficient (Wildman–Crippen LogP) is 13.2. The van der Waals surface area contributed by atoms with Crippen LogP contribution in [0.4, 0.5) is 0 Å². The summed E-state index contributed by atoms with van der Waals surface area (Å²) in [5.41, 5.74) is 13.2. The normalized spacial score (nSPS) is 11.5. The molecule has 0 amide bonds. The lowest BCUT2D eigenvalue weighted by molar-refractivity contribution is 1.19. The summed E-state index contributed by atoms with van der Waals surface area (Å²) < 4.78 is 2.45. The average Bonchev–Trinajstić information content (AvgIpc) is 3.55. The van der Waals surface area contributed by atoms with Gasteiger partial charge in [0, 0.05) is 39.8 Å². The molecule has 0 spiro atoms. The number of hydrogen-bond acceptors (Lipinski definition) is 1. The molecule has 10 rings (SSSR count). The van der Waals surface area contributed by atoms with E-state index in [0.29, 0.717) is 0 Å². The Morgan fingerprint density at radius 3 is 1.59 bits per heavy atom. The zero-order valence-electron chi connectivity index (χ0n) is 27.9. The van der Waals surface area contributed by atoms with E-state index in [1.165, 1.54) is 82.3 Å². The number of aromatic nitrogens is 2. The Balaban J connectivity index is 1.12. The van der Waals surface area contributed by atoms with E-state index in [1.807, 2.05) is 18.5 Å². The molecule has 0 aliphatic rings. The second-order valence-corrected chi connectivity index (χ2v) is 13.3. The summed E-state index contributed by atoms with van der Waals surface area (Å²) in [4.78, 5) is 4.31. The molecule has 0 aliphatic carbocycles. The Morgan fingerprint density at radius 1 is 0.333 bits per heavy atom. The summed E-state index contributed by atoms with van der Waals surface area (Å²) in [6.45, 7) is 0. The van der Waals surface area contributed by atoms with Crippen LogP contribution in [0.3, 0.4) is 0 Å². The Labute approximate surface area is 296 Å². The second-order valence-electron chi connectivity index (χ2n) is 13.3. The van der Waals surface area contributed by atoms with Crippen molar-refractivity contribution < 1.29 is 0 Å². The zero-order valence-corrected chi connectivity index (χ0v) is 27.9. The van der Waals surface area contributed by atoms with Gasteiger partial charge in [-0.2, -0.15) is 0 Å². The highest BCUT2D eigenvalue weighted by molar-refractivity contribution is 6.19. The van der Waals surface area contributed by atoms with E-state index in [4.69, 9.17) is 0 Å². The lowest BCUT2D eigenvalue weighted by Crippen LogP contribution is -1.94. The molecule has 0 N–H and O–H groups in total. The molecule has 0 saturated heterocycles. The lowest BCUT2D eigenvalue weighted by atomic mass is 9.96. The standard InChI is InChI=1S/C49H32N2/c1-3-9-33(10-4-1)34-11-7-12-35(27-34)39-20-23-45-42(30-39)22-25-47-46-24-21-41(31-48(46)51(49(45)47)44-14-5-2-6-15-44)38-17-16-37-29-40(19-18-36(37)28-38)43-13-8-26-50-32-43/h1-32H. The molecule has 238 valence electrons. The monoisotopic (exact) mass is 648 g/mol. The minimum absolute atomic E-state index is 1.13. The SMILES string of the molecule is c1ccc(-c2cccc(-c3ccc4c(ccc5c6ccc(-c7ccc8cc(-c9cccnc9)ccc8c7)cc6n(-c6ccccc6)c45)c3)c2)cc1. The van der Waals surface area contributed by atoms with Gasteiger partial charge in [-0.05, 0) is 104 Å². The minimum atomic E-state index is 1.13. The van der Waals surface area contributed by atoms with Crippen LogP contribution in [0.15, 0.2) is 194 Å². The van der Waals surface area contributed by atoms with E-state index < -0.39 is 0 Å². The molecule has 0 saturated carbocycles. The van der Waals surface area contributed by atoms with E-state index in [9.17, 15) is 0 Å². The van der Waals surface area contributed by atoms with Gasteiger partial charge in [0.25, 0.3) is 0 Å². The topological polar surface area (TPSA) is 17.8 Å². The first-order chi connectivity index (χ1) is 25.3. The molecule has 2 heterocycles. The van der Waals surface area contributed by atoms with Gasteiger partial charge in [-0.25, -0.2) is 0 Å². The Morgan fingerprint density at radius 2 is 0.863 bits per heavy atom. The lowest BCUT2D eigenvalue weighted by Gasteiger charge is -2.12. The number of rotatable bonds is 5. The first kappa shape index (κ1) is 29.2. The maximum absolute atomic E-state index is 4.31. The van der Waals surface area contributed by atoms with Crippen molar-refractivity contribution in [2.45, 2.75) is 0 Å². The molecular weight excluding hydrogens is 617 g/mol. The Hall–Kier alpha value is -6.77. The molecule has 0 aliphatic heterocycles. The molecule has 10 aromatic rings. The minimum Gasteiger partial charge on any atom is -0.309 e. The van der Waals surface area contributed by atoms with Crippen LogP contribution in [-0.4, -0.2) is 9.55 Å². The maximum Gasteiger partial charge on any atom is 0.0619 e. The first-order valence-electron chi connectivity index (χ1n) is 17.4. The fourth-order valence-corrected chi connectivity index (χ4v) is 7.69. The predicted molar refractivity (Wildman–Crippen MR) is 215 cm³/mol. The third kappa shape index (κ3) is 5.08. The molecule has 0 unspecified atom stereocenters. The molecule has 2 heteroatoms. The molecule has 0 bridgehead atoms. The number of benzene rings is 8. The van der Waals surface area contributed by atoms with E-state index in [2.05, 4.69) is 185 Å². The van der Waals surface area contributed by atoms with Crippen molar-refractivity contribution in [1.29, 1.82) is 0 Å². The summed E-state index contributed by atoms with van der Waals surface area (Å²) in [6, 6.07) is 66.2. The largest absolute Gasteiger partial charge is 0.309 e. The van der Waals surface area contributed by atoms with Crippen molar-refractivity contribution in [2.24, 2.45) is 0 Å². The van der Waals surface area contributed by atoms with Crippen molar-refractivity contribution in [1.82, 2.24) is 9.55 Å². The fourth-order valence-electron chi connectivity index (χ4n) is 7.69. The molecule has 0 radical (unpaired) electrons. The van der Waals surface area contributed by atoms with Gasteiger partial charge in [0.1, 0.15) is 0 Å². The van der Waals surface area contributed by atoms with Crippen LogP contribution in [0.5, 0.6) is 0 Å². The number of pyridine rings is 1. The summed E-state index contributed by atoms with van der Waals surface area (Å²) in [5, 5.41) is 7.42. The van der Waals surface area contributed by atoms with Gasteiger partial charge in [-0.1, -0.05) is 133 Å². The van der Waals surface area contributed by atoms with Crippen LogP contribution in [0.25, 0.3) is 93.5 Å². The quantitative estimate of drug-likeness (QED) is 0.182. The highest BCUT2D eigenvalue weighted by Crippen LogP contribution is 2.40. The number of para-hydroxylation sites is 1. The summed E-state index contributed by atoms with van der Waals surface area (Å²) >= 11 is 0. The summed E-state index contributed by atoms with van der Waals surface area (Å²) in [6.07, 6.45) is 3.74. The van der Waals surface area contributed by atoms with E-state index in [0.717, 1.165) is 11.3 Å². The molecule has 2 nitrogen and oxygen atoms in total. The fraction of sp³-hybridized carbons (Fsp3) is 0. The van der Waals surface area contributed by atoms with Gasteiger partial charge >= 0.3 is 0 Å². The molecule has 51 heavy (non-hydrogen) atoms. The molecule has 2 aromatic heterocycles. The van der Waals surface area contributed by atoms with Gasteiger partial charge in [0.15, 0.2) is 0 Å². The second kappa shape index (κ2) is 12.0. The molecule has 8 aromatic carbocycles. The van der Waals surface area contributed by atoms with Crippen LogP contribution in [-0.2, 0) is 0 Å². The van der Waals surface area contributed by atoms with Crippen molar-refractivity contribution in [3.8, 4) is 50.2 Å². The molecule has 0 fully saturated rings. The Kier molecular flexibility index (Phi) is 6.85. The third-order valence-corrected chi connectivity index (χ3v) is 10.2. The van der Waals surface area contributed by atoms with Crippen LogP contribution >= 0.6 is 0 Å². The third-order valence-electron chi connectivity index (χ3n) is 10.2. The van der Waals surface area contributed by atoms with Gasteiger partial charge in [-0.3, -0.25) is 4.98 Å². The number of nitrogens with zero attached hydrogens (tertiary/aromatic N) is 2. The van der Waals surface area contributed by atoms with Gasteiger partial charge in [-0.15, -0.1) is 0 Å². The van der Waals surface area contributed by atoms with Crippen molar-refractivity contribution >= 4 is 43.4 Å². The van der Waals surface area contributed by atoms with Crippen molar-refractivity contribution in [3.05, 3.63) is 194 Å². The summed E-state index contributed by atoms with van der Waals surface area (Å²) in [5.74, 6) is 0. The first-order valence-corrected chi connectivity index (χ1v) is 17.4. The van der Waals surface area contributed by atoms with Gasteiger partial charge in [0.05, 0.1) is 11.0 Å². The molecule has 0 atom stereocenters. The van der Waals surface area contributed by atoms with Gasteiger partial charge in [0.2, 0.25) is 0 Å². The number of hydrogen-bond donors (Lipinski definition) is 0. The van der Waals surface area contributed by atoms with Crippen LogP contribution in [0, 0.1) is 0 Å². The average molecular weight is 649 g/mol. The van der Waals surface area contributed by atoms with Crippen molar-refractivity contribution in [3.63, 3.8) is 0 Å². The number of fused-ring (bicyclic) bond motifs is 6. The van der Waals surface area contributed by atoms with E-state index in [1.54, 1.807) is 0 Å². The van der Waals surface area contributed by atoms with Crippen LogP contribution in [0.2, 0.25) is 0 Å². The maximum atomic E-state index is 4.31. The zero-order chi connectivity index (χ0) is 33.7. The van der Waals surface area contributed by atoms with E-state index >= 15 is 0 Å². The van der Waals surface area contributed by atoms with Gasteiger partial charge < -0.3 is 4.57 Å². The smallest absolute Gasteiger partial charge is 0.0619 e. The van der Waals surface area contributed by atoms with Crippen molar-refractivity contribution in [2.75, 3.05) is 0 Å². The van der Waals surface area contributed by atoms with Crippen LogP contribution < -0.4 is 0 Å². The Bertz CT molecular complexity index is 2890. The summed E-state index contributed by atoms with van der Waals surface area (Å²) in [7, 11) is 0. The van der Waals surface area contributed by atoms with E-state index in [-0.39, 0.29) is 0 Å². The highest BCUT2D eigenvalue weighted by atomic mass is 15.0. The highest BCUT2D eigenvalue weighted by Gasteiger charge is 2.17.